The minimum absolute atomic E-state index is 0. The minimum Gasteiger partial charge on any atom is -0.369 e. The summed E-state index contributed by atoms with van der Waals surface area (Å²) < 4.78 is 0. The maximum absolute atomic E-state index is 12.1. The van der Waals surface area contributed by atoms with Crippen molar-refractivity contribution in [3.8, 4) is 11.3 Å². The monoisotopic (exact) mass is 429 g/mol. The van der Waals surface area contributed by atoms with Gasteiger partial charge in [-0.3, -0.25) is 9.69 Å². The molecule has 3 aromatic rings. The summed E-state index contributed by atoms with van der Waals surface area (Å²) in [5.74, 6) is 0.225. The number of benzene rings is 2. The largest absolute Gasteiger partial charge is 0.369 e. The minimum atomic E-state index is -0.118. The van der Waals surface area contributed by atoms with Crippen LogP contribution in [0.4, 0.5) is 5.69 Å². The van der Waals surface area contributed by atoms with Crippen molar-refractivity contribution < 1.29 is 0 Å². The van der Waals surface area contributed by atoms with Gasteiger partial charge in [0.1, 0.15) is 0 Å². The molecule has 1 fully saturated rings. The smallest absolute Gasteiger partial charge is 0.252 e. The molecule has 0 unspecified atom stereocenters. The Balaban J connectivity index is 0.00000240. The Bertz CT molecular complexity index is 983. The van der Waals surface area contributed by atoms with Crippen LogP contribution < -0.4 is 10.5 Å². The predicted octanol–water partition coefficient (Wildman–Crippen LogP) is 4.52. The number of alkyl halides is 1. The Labute approximate surface area is 182 Å². The third-order valence-electron chi connectivity index (χ3n) is 5.28. The van der Waals surface area contributed by atoms with Crippen LogP contribution in [0.5, 0.6) is 0 Å². The fourth-order valence-corrected chi connectivity index (χ4v) is 3.86. The van der Waals surface area contributed by atoms with Crippen LogP contribution in [0, 0.1) is 0 Å². The summed E-state index contributed by atoms with van der Waals surface area (Å²) in [6.07, 6.45) is 0. The van der Waals surface area contributed by atoms with Gasteiger partial charge in [-0.2, -0.15) is 0 Å². The van der Waals surface area contributed by atoms with Crippen molar-refractivity contribution in [2.75, 3.05) is 31.1 Å². The number of nitrogens with zero attached hydrogens (tertiary/aromatic N) is 2. The van der Waals surface area contributed by atoms with Gasteiger partial charge in [-0.15, -0.1) is 24.0 Å². The molecule has 2 heterocycles. The lowest BCUT2D eigenvalue weighted by molar-refractivity contribution is 0.250. The number of nitrogens with one attached hydrogen (secondary N) is 1. The van der Waals surface area contributed by atoms with Crippen LogP contribution in [0.2, 0.25) is 0 Å². The van der Waals surface area contributed by atoms with Gasteiger partial charge >= 0.3 is 0 Å². The molecule has 4 nitrogen and oxygen atoms in total. The molecule has 0 atom stereocenters. The Morgan fingerprint density at radius 1 is 0.897 bits per heavy atom. The first-order chi connectivity index (χ1) is 13.7. The number of aromatic nitrogens is 1. The zero-order chi connectivity index (χ0) is 19.3. The van der Waals surface area contributed by atoms with Gasteiger partial charge < -0.3 is 9.88 Å². The normalized spacial score (nSPS) is 14.4. The molecule has 1 N–H and O–H groups in total. The number of hydrogen-bond acceptors (Lipinski definition) is 3. The summed E-state index contributed by atoms with van der Waals surface area (Å²) in [6, 6.07) is 22.7. The second-order valence-electron chi connectivity index (χ2n) is 7.16. The molecule has 1 aliphatic heterocycles. The molecule has 29 heavy (non-hydrogen) atoms. The number of hydrogen-bond donors (Lipinski definition) is 1. The van der Waals surface area contributed by atoms with Gasteiger partial charge in [0, 0.05) is 55.2 Å². The van der Waals surface area contributed by atoms with Crippen LogP contribution in [0.3, 0.4) is 0 Å². The summed E-state index contributed by atoms with van der Waals surface area (Å²) in [7, 11) is 0. The number of pyridine rings is 1. The highest BCUT2D eigenvalue weighted by atomic mass is 35.5. The number of H-pyrrole nitrogens is 1. The molecule has 0 amide bonds. The molecular weight excluding hydrogens is 405 g/mol. The van der Waals surface area contributed by atoms with E-state index in [0.717, 1.165) is 44.0 Å². The molecule has 0 radical (unpaired) electrons. The molecule has 4 rings (SSSR count). The molecule has 6 heteroatoms. The lowest BCUT2D eigenvalue weighted by atomic mass is 10.1. The van der Waals surface area contributed by atoms with Crippen molar-refractivity contribution in [1.82, 2.24) is 9.88 Å². The van der Waals surface area contributed by atoms with E-state index in [4.69, 9.17) is 11.6 Å². The summed E-state index contributed by atoms with van der Waals surface area (Å²) in [5, 5.41) is 0. The first-order valence-corrected chi connectivity index (χ1v) is 10.2. The highest BCUT2D eigenvalue weighted by Crippen LogP contribution is 2.24. The van der Waals surface area contributed by atoms with Crippen LogP contribution in [-0.2, 0) is 12.4 Å². The lowest BCUT2D eigenvalue weighted by Gasteiger charge is -2.36. The zero-order valence-electron chi connectivity index (χ0n) is 16.2. The van der Waals surface area contributed by atoms with Crippen LogP contribution in [-0.4, -0.2) is 36.1 Å². The average molecular weight is 430 g/mol. The van der Waals surface area contributed by atoms with Gasteiger partial charge in [-0.25, -0.2) is 0 Å². The summed E-state index contributed by atoms with van der Waals surface area (Å²) >= 11 is 5.79. The number of piperazine rings is 1. The van der Waals surface area contributed by atoms with Crippen molar-refractivity contribution in [2.24, 2.45) is 0 Å². The van der Waals surface area contributed by atoms with E-state index >= 15 is 0 Å². The van der Waals surface area contributed by atoms with Gasteiger partial charge in [0.15, 0.2) is 0 Å². The van der Waals surface area contributed by atoms with E-state index in [1.54, 1.807) is 6.07 Å². The Hall–Kier alpha value is -2.27. The van der Waals surface area contributed by atoms with Crippen molar-refractivity contribution in [1.29, 1.82) is 0 Å². The first-order valence-electron chi connectivity index (χ1n) is 9.63. The molecule has 0 aliphatic carbocycles. The highest BCUT2D eigenvalue weighted by molar-refractivity contribution is 6.17. The van der Waals surface area contributed by atoms with Gasteiger partial charge in [-0.1, -0.05) is 48.5 Å². The lowest BCUT2D eigenvalue weighted by Crippen LogP contribution is -2.45. The quantitative estimate of drug-likeness (QED) is 0.605. The topological polar surface area (TPSA) is 39.3 Å². The van der Waals surface area contributed by atoms with Crippen LogP contribution in [0.1, 0.15) is 11.1 Å². The SMILES string of the molecule is Cl.O=c1[nH]c(-c2cccc(N3CCN(Cc4ccccc4)CC3)c2)ccc1CCl. The number of anilines is 1. The predicted molar refractivity (Wildman–Crippen MR) is 123 cm³/mol. The van der Waals surface area contributed by atoms with Gasteiger partial charge in [0.25, 0.3) is 5.56 Å². The van der Waals surface area contributed by atoms with Gasteiger partial charge in [-0.05, 0) is 23.8 Å². The van der Waals surface area contributed by atoms with E-state index in [1.807, 2.05) is 12.1 Å². The maximum Gasteiger partial charge on any atom is 0.252 e. The third kappa shape index (κ3) is 5.21. The molecule has 1 aromatic heterocycles. The zero-order valence-corrected chi connectivity index (χ0v) is 17.8. The van der Waals surface area contributed by atoms with E-state index < -0.39 is 0 Å². The molecule has 0 spiro atoms. The molecule has 0 saturated carbocycles. The van der Waals surface area contributed by atoms with Gasteiger partial charge in [0.2, 0.25) is 0 Å². The second-order valence-corrected chi connectivity index (χ2v) is 7.43. The Morgan fingerprint density at radius 3 is 2.34 bits per heavy atom. The molecular formula is C23H25Cl2N3O. The highest BCUT2D eigenvalue weighted by Gasteiger charge is 2.17. The fourth-order valence-electron chi connectivity index (χ4n) is 3.65. The molecule has 2 aromatic carbocycles. The first kappa shape index (κ1) is 21.4. The summed E-state index contributed by atoms with van der Waals surface area (Å²) in [4.78, 5) is 19.9. The Kier molecular flexibility index (Phi) is 7.37. The molecule has 1 saturated heterocycles. The average Bonchev–Trinajstić information content (AvgIpc) is 2.75. The van der Waals surface area contributed by atoms with E-state index in [0.29, 0.717) is 5.56 Å². The number of aromatic amines is 1. The van der Waals surface area contributed by atoms with E-state index in [9.17, 15) is 4.79 Å². The maximum atomic E-state index is 12.1. The second kappa shape index (κ2) is 9.97. The van der Waals surface area contributed by atoms with Crippen molar-refractivity contribution >= 4 is 29.7 Å². The van der Waals surface area contributed by atoms with Crippen molar-refractivity contribution in [2.45, 2.75) is 12.4 Å². The third-order valence-corrected chi connectivity index (χ3v) is 5.57. The number of halogens is 2. The molecule has 0 bridgehead atoms. The van der Waals surface area contributed by atoms with Crippen LogP contribution in [0.25, 0.3) is 11.3 Å². The summed E-state index contributed by atoms with van der Waals surface area (Å²) in [6.45, 7) is 5.08. The number of rotatable bonds is 5. The van der Waals surface area contributed by atoms with E-state index in [2.05, 4.69) is 63.3 Å². The standard InChI is InChI=1S/C23H24ClN3O.ClH/c24-16-20-9-10-22(25-23(20)28)19-7-4-8-21(15-19)27-13-11-26(12-14-27)17-18-5-2-1-3-6-18;/h1-10,15H,11-14,16-17H2,(H,25,28);1H. The van der Waals surface area contributed by atoms with Crippen LogP contribution in [0.15, 0.2) is 71.5 Å². The molecule has 152 valence electrons. The Morgan fingerprint density at radius 2 is 1.66 bits per heavy atom. The van der Waals surface area contributed by atoms with Gasteiger partial charge in [0.05, 0.1) is 5.88 Å². The molecule has 1 aliphatic rings. The summed E-state index contributed by atoms with van der Waals surface area (Å²) in [5.41, 5.74) is 4.87. The van der Waals surface area contributed by atoms with E-state index in [1.165, 1.54) is 11.3 Å². The fraction of sp³-hybridized carbons (Fsp3) is 0.261. The van der Waals surface area contributed by atoms with Crippen molar-refractivity contribution in [3.05, 3.63) is 88.2 Å². The van der Waals surface area contributed by atoms with E-state index in [-0.39, 0.29) is 23.8 Å². The van der Waals surface area contributed by atoms with Crippen LogP contribution >= 0.6 is 24.0 Å². The van der Waals surface area contributed by atoms with Crippen molar-refractivity contribution in [3.63, 3.8) is 0 Å².